The Morgan fingerprint density at radius 1 is 1.17 bits per heavy atom. The lowest BCUT2D eigenvalue weighted by Crippen LogP contribution is -2.41. The minimum Gasteiger partial charge on any atom is -0.495 e. The quantitative estimate of drug-likeness (QED) is 0.116. The third kappa shape index (κ3) is 8.52. The zero-order valence-corrected chi connectivity index (χ0v) is 24.9. The number of nitrogens with one attached hydrogen (secondary N) is 2. The number of hydrogen-bond acceptors (Lipinski definition) is 7. The van der Waals surface area contributed by atoms with E-state index in [-0.39, 0.29) is 29.8 Å². The van der Waals surface area contributed by atoms with Crippen LogP contribution in [0.4, 0.5) is 11.4 Å². The number of methoxy groups -OCH3 is 1. The summed E-state index contributed by atoms with van der Waals surface area (Å²) in [4.78, 5) is 51.0. The van der Waals surface area contributed by atoms with Crippen molar-refractivity contribution in [2.75, 3.05) is 31.4 Å². The van der Waals surface area contributed by atoms with Gasteiger partial charge >= 0.3 is 0 Å². The van der Waals surface area contributed by atoms with Crippen molar-refractivity contribution in [1.82, 2.24) is 4.90 Å². The number of ether oxygens (including phenoxy) is 2. The molecule has 1 aliphatic rings. The molecule has 1 aliphatic heterocycles. The first-order valence-corrected chi connectivity index (χ1v) is 13.5. The third-order valence-electron chi connectivity index (χ3n) is 6.41. The Morgan fingerprint density at radius 3 is 2.54 bits per heavy atom. The Morgan fingerprint density at radius 2 is 1.90 bits per heavy atom. The molecule has 1 unspecified atom stereocenters. The van der Waals surface area contributed by atoms with Crippen LogP contribution in [0.25, 0.3) is 5.57 Å². The second kappa shape index (κ2) is 13.6. The summed E-state index contributed by atoms with van der Waals surface area (Å²) in [6.45, 7) is 7.52. The van der Waals surface area contributed by atoms with Crippen LogP contribution < -0.4 is 10.6 Å². The predicted octanol–water partition coefficient (Wildman–Crippen LogP) is 5.25. The molecule has 0 saturated carbocycles. The second-order valence-electron chi connectivity index (χ2n) is 10.7. The molecule has 0 spiro atoms. The number of fused-ring (bicyclic) bond motifs is 1. The van der Waals surface area contributed by atoms with E-state index in [1.54, 1.807) is 54.5 Å². The summed E-state index contributed by atoms with van der Waals surface area (Å²) in [5, 5.41) is 6.11. The van der Waals surface area contributed by atoms with Crippen LogP contribution in [0.15, 0.2) is 54.4 Å². The first-order valence-electron chi connectivity index (χ1n) is 13.1. The van der Waals surface area contributed by atoms with Crippen molar-refractivity contribution in [3.8, 4) is 0 Å². The minimum absolute atomic E-state index is 0.0931. The molecule has 3 rings (SSSR count). The number of benzene rings is 2. The van der Waals surface area contributed by atoms with E-state index in [1.165, 1.54) is 20.1 Å². The van der Waals surface area contributed by atoms with Gasteiger partial charge in [0.15, 0.2) is 5.78 Å². The van der Waals surface area contributed by atoms with Gasteiger partial charge in [0.1, 0.15) is 18.1 Å². The van der Waals surface area contributed by atoms with Gasteiger partial charge in [-0.25, -0.2) is 0 Å². The standard InChI is InChI=1S/C31H36ClN3O6/c1-19(37)23-9-7-21(32)17-25(23)24(11-13-36)28(40-6)18-35(5)27(12-14-41-31(2,3)4)30(39)33-22-8-10-26-20(15-22)16-29(38)34-26/h7-11,13,15,17-18,27H,12,14,16H2,1-6H3,(H,33,39)(H,34,38)/b24-11-,28-18+. The lowest BCUT2D eigenvalue weighted by atomic mass is 9.95. The number of Topliss-reactive ketones (excluding diaryl/α,β-unsaturated/α-hetero) is 1. The largest absolute Gasteiger partial charge is 0.495 e. The van der Waals surface area contributed by atoms with E-state index in [9.17, 15) is 19.2 Å². The minimum atomic E-state index is -0.709. The molecule has 41 heavy (non-hydrogen) atoms. The number of nitrogens with zero attached hydrogens (tertiary/aromatic N) is 1. The molecule has 2 N–H and O–H groups in total. The molecule has 0 saturated heterocycles. The van der Waals surface area contributed by atoms with E-state index in [0.717, 1.165) is 11.3 Å². The van der Waals surface area contributed by atoms with Crippen molar-refractivity contribution in [2.24, 2.45) is 0 Å². The molecule has 0 bridgehead atoms. The lowest BCUT2D eigenvalue weighted by Gasteiger charge is -2.29. The van der Waals surface area contributed by atoms with E-state index >= 15 is 0 Å². The molecule has 0 fully saturated rings. The molecule has 1 heterocycles. The van der Waals surface area contributed by atoms with Gasteiger partial charge in [-0.1, -0.05) is 11.6 Å². The van der Waals surface area contributed by atoms with E-state index in [2.05, 4.69) is 10.6 Å². The summed E-state index contributed by atoms with van der Waals surface area (Å²) in [7, 11) is 3.15. The number of amides is 2. The van der Waals surface area contributed by atoms with E-state index in [4.69, 9.17) is 21.1 Å². The van der Waals surface area contributed by atoms with Crippen molar-refractivity contribution in [2.45, 2.75) is 52.2 Å². The third-order valence-corrected chi connectivity index (χ3v) is 6.65. The smallest absolute Gasteiger partial charge is 0.247 e. The number of anilines is 2. The molecule has 2 aromatic rings. The molecule has 2 amide bonds. The number of allylic oxidation sites excluding steroid dienone is 2. The van der Waals surface area contributed by atoms with Crippen LogP contribution in [0.5, 0.6) is 0 Å². The number of aldehydes is 1. The molecule has 10 heteroatoms. The van der Waals surface area contributed by atoms with Gasteiger partial charge in [-0.2, -0.15) is 0 Å². The summed E-state index contributed by atoms with van der Waals surface area (Å²) in [5.41, 5.74) is 2.82. The van der Waals surface area contributed by atoms with Crippen LogP contribution >= 0.6 is 11.6 Å². The monoisotopic (exact) mass is 581 g/mol. The average molecular weight is 582 g/mol. The molecule has 218 valence electrons. The molecular weight excluding hydrogens is 546 g/mol. The van der Waals surface area contributed by atoms with Crippen LogP contribution in [0.1, 0.15) is 55.6 Å². The maximum Gasteiger partial charge on any atom is 0.247 e. The van der Waals surface area contributed by atoms with Crippen LogP contribution in [0.2, 0.25) is 5.02 Å². The SMILES string of the molecule is COC(=C/N(C)C(CCOC(C)(C)C)C(=O)Nc1ccc2c(c1)CC(=O)N2)/C(=C\C=O)c1cc(Cl)ccc1C(C)=O. The molecular formula is C31H36ClN3O6. The maximum atomic E-state index is 13.6. The van der Waals surface area contributed by atoms with Gasteiger partial charge in [0.25, 0.3) is 0 Å². The van der Waals surface area contributed by atoms with Gasteiger partial charge in [0.2, 0.25) is 11.8 Å². The average Bonchev–Trinajstić information content (AvgIpc) is 3.26. The number of hydrogen-bond donors (Lipinski definition) is 2. The topological polar surface area (TPSA) is 114 Å². The summed E-state index contributed by atoms with van der Waals surface area (Å²) >= 11 is 6.24. The fourth-order valence-corrected chi connectivity index (χ4v) is 4.63. The maximum absolute atomic E-state index is 13.6. The number of ketones is 1. The van der Waals surface area contributed by atoms with Crippen molar-refractivity contribution < 1.29 is 28.7 Å². The number of rotatable bonds is 12. The summed E-state index contributed by atoms with van der Waals surface area (Å²) in [5.74, 6) is -0.354. The number of halogens is 1. The van der Waals surface area contributed by atoms with Crippen LogP contribution in [0, 0.1) is 0 Å². The fraction of sp³-hybridized carbons (Fsp3) is 0.355. The molecule has 0 aliphatic carbocycles. The summed E-state index contributed by atoms with van der Waals surface area (Å²) in [6, 6.07) is 9.34. The number of carbonyl (C=O) groups is 4. The highest BCUT2D eigenvalue weighted by atomic mass is 35.5. The molecule has 2 aromatic carbocycles. The van der Waals surface area contributed by atoms with Crippen LogP contribution in [-0.2, 0) is 30.3 Å². The van der Waals surface area contributed by atoms with Crippen molar-refractivity contribution in [3.05, 3.63) is 76.1 Å². The van der Waals surface area contributed by atoms with Gasteiger partial charge in [-0.3, -0.25) is 19.2 Å². The van der Waals surface area contributed by atoms with Gasteiger partial charge in [0.05, 0.1) is 19.1 Å². The Bertz CT molecular complexity index is 1390. The highest BCUT2D eigenvalue weighted by Crippen LogP contribution is 2.31. The lowest BCUT2D eigenvalue weighted by molar-refractivity contribution is -0.121. The molecule has 0 radical (unpaired) electrons. The highest BCUT2D eigenvalue weighted by Gasteiger charge is 2.26. The fourth-order valence-electron chi connectivity index (χ4n) is 4.46. The second-order valence-corrected chi connectivity index (χ2v) is 11.1. The normalized spacial score (nSPS) is 14.2. The van der Waals surface area contributed by atoms with Gasteiger partial charge in [0, 0.05) is 53.8 Å². The Kier molecular flexibility index (Phi) is 10.5. The molecule has 1 atom stereocenters. The molecule has 9 nitrogen and oxygen atoms in total. The summed E-state index contributed by atoms with van der Waals surface area (Å²) < 4.78 is 11.6. The number of carbonyl (C=O) groups excluding carboxylic acids is 4. The van der Waals surface area contributed by atoms with E-state index in [1.807, 2.05) is 20.8 Å². The predicted molar refractivity (Wildman–Crippen MR) is 160 cm³/mol. The zero-order chi connectivity index (χ0) is 30.3. The van der Waals surface area contributed by atoms with Crippen LogP contribution in [-0.4, -0.2) is 61.2 Å². The van der Waals surface area contributed by atoms with E-state index < -0.39 is 11.6 Å². The van der Waals surface area contributed by atoms with Crippen molar-refractivity contribution in [3.63, 3.8) is 0 Å². The molecule has 0 aromatic heterocycles. The zero-order valence-electron chi connectivity index (χ0n) is 24.2. The summed E-state index contributed by atoms with van der Waals surface area (Å²) in [6.07, 6.45) is 4.08. The Hall–Kier alpha value is -3.95. The van der Waals surface area contributed by atoms with Gasteiger partial charge in [-0.05, 0) is 81.3 Å². The van der Waals surface area contributed by atoms with Crippen LogP contribution in [0.3, 0.4) is 0 Å². The Balaban J connectivity index is 1.96. The first-order chi connectivity index (χ1) is 19.3. The van der Waals surface area contributed by atoms with Crippen molar-refractivity contribution in [1.29, 1.82) is 0 Å². The van der Waals surface area contributed by atoms with Crippen molar-refractivity contribution >= 4 is 52.4 Å². The highest BCUT2D eigenvalue weighted by molar-refractivity contribution is 6.31. The van der Waals surface area contributed by atoms with Gasteiger partial charge < -0.3 is 25.0 Å². The van der Waals surface area contributed by atoms with E-state index in [0.29, 0.717) is 46.7 Å². The van der Waals surface area contributed by atoms with Gasteiger partial charge in [-0.15, -0.1) is 0 Å². The Labute approximate surface area is 245 Å². The number of likely N-dealkylation sites (N-methyl/N-ethyl adjacent to an activating group) is 1. The first kappa shape index (κ1) is 31.6.